The SMILES string of the molecule is COCc1ccc(NC(=O)Nc2cnn(CCC(C)C)c2C)cc1. The van der Waals surface area contributed by atoms with Crippen molar-refractivity contribution in [3.8, 4) is 0 Å². The number of carbonyl (C=O) groups excluding carboxylic acids is 1. The molecule has 2 amide bonds. The van der Waals surface area contributed by atoms with Gasteiger partial charge in [0.1, 0.15) is 0 Å². The zero-order valence-electron chi connectivity index (χ0n) is 14.8. The zero-order valence-corrected chi connectivity index (χ0v) is 14.8. The maximum absolute atomic E-state index is 12.1. The highest BCUT2D eigenvalue weighted by atomic mass is 16.5. The highest BCUT2D eigenvalue weighted by Crippen LogP contribution is 2.16. The van der Waals surface area contributed by atoms with Crippen molar-refractivity contribution >= 4 is 17.4 Å². The molecule has 1 aromatic heterocycles. The smallest absolute Gasteiger partial charge is 0.323 e. The first-order valence-electron chi connectivity index (χ1n) is 8.18. The molecular formula is C18H26N4O2. The molecule has 0 saturated heterocycles. The molecule has 0 bridgehead atoms. The average molecular weight is 330 g/mol. The normalized spacial score (nSPS) is 10.9. The van der Waals surface area contributed by atoms with Gasteiger partial charge in [-0.2, -0.15) is 5.10 Å². The third-order valence-corrected chi connectivity index (χ3v) is 3.79. The van der Waals surface area contributed by atoms with Gasteiger partial charge in [-0.3, -0.25) is 4.68 Å². The van der Waals surface area contributed by atoms with E-state index in [1.165, 1.54) is 0 Å². The first-order valence-corrected chi connectivity index (χ1v) is 8.18. The lowest BCUT2D eigenvalue weighted by atomic mass is 10.1. The maximum Gasteiger partial charge on any atom is 0.323 e. The van der Waals surface area contributed by atoms with Gasteiger partial charge in [0.05, 0.1) is 24.2 Å². The average Bonchev–Trinajstić information content (AvgIpc) is 2.88. The topological polar surface area (TPSA) is 68.2 Å². The number of aryl methyl sites for hydroxylation is 1. The molecule has 24 heavy (non-hydrogen) atoms. The number of hydrogen-bond donors (Lipinski definition) is 2. The first kappa shape index (κ1) is 18.0. The first-order chi connectivity index (χ1) is 11.5. The number of aromatic nitrogens is 2. The fraction of sp³-hybridized carbons (Fsp3) is 0.444. The third-order valence-electron chi connectivity index (χ3n) is 3.79. The summed E-state index contributed by atoms with van der Waals surface area (Å²) in [6, 6.07) is 7.28. The summed E-state index contributed by atoms with van der Waals surface area (Å²) in [6.45, 7) is 7.74. The van der Waals surface area contributed by atoms with Crippen LogP contribution in [0.2, 0.25) is 0 Å². The van der Waals surface area contributed by atoms with E-state index in [-0.39, 0.29) is 6.03 Å². The molecule has 1 heterocycles. The molecule has 1 aromatic carbocycles. The predicted octanol–water partition coefficient (Wildman–Crippen LogP) is 4.03. The molecule has 130 valence electrons. The van der Waals surface area contributed by atoms with Crippen LogP contribution in [0.4, 0.5) is 16.2 Å². The Morgan fingerprint density at radius 3 is 2.58 bits per heavy atom. The highest BCUT2D eigenvalue weighted by Gasteiger charge is 2.10. The Kier molecular flexibility index (Phi) is 6.37. The monoisotopic (exact) mass is 330 g/mol. The molecule has 6 nitrogen and oxygen atoms in total. The van der Waals surface area contributed by atoms with Crippen LogP contribution in [0.1, 0.15) is 31.5 Å². The van der Waals surface area contributed by atoms with Gasteiger partial charge in [-0.05, 0) is 37.0 Å². The van der Waals surface area contributed by atoms with Gasteiger partial charge < -0.3 is 15.4 Å². The predicted molar refractivity (Wildman–Crippen MR) is 96.2 cm³/mol. The van der Waals surface area contributed by atoms with Crippen LogP contribution >= 0.6 is 0 Å². The van der Waals surface area contributed by atoms with Gasteiger partial charge in [0.25, 0.3) is 0 Å². The van der Waals surface area contributed by atoms with Crippen LogP contribution in [0.15, 0.2) is 30.5 Å². The van der Waals surface area contributed by atoms with Gasteiger partial charge in [-0.25, -0.2) is 4.79 Å². The van der Waals surface area contributed by atoms with E-state index >= 15 is 0 Å². The van der Waals surface area contributed by atoms with Crippen molar-refractivity contribution in [2.24, 2.45) is 5.92 Å². The Bertz CT molecular complexity index is 662. The summed E-state index contributed by atoms with van der Waals surface area (Å²) in [5.74, 6) is 0.620. The van der Waals surface area contributed by atoms with Crippen LogP contribution in [0.3, 0.4) is 0 Å². The van der Waals surface area contributed by atoms with Crippen molar-refractivity contribution < 1.29 is 9.53 Å². The number of nitrogens with one attached hydrogen (secondary N) is 2. The number of ether oxygens (including phenoxy) is 1. The summed E-state index contributed by atoms with van der Waals surface area (Å²) in [6.07, 6.45) is 2.75. The molecule has 0 aliphatic carbocycles. The second kappa shape index (κ2) is 8.49. The second-order valence-electron chi connectivity index (χ2n) is 6.26. The van der Waals surface area contributed by atoms with Crippen LogP contribution in [0.5, 0.6) is 0 Å². The summed E-state index contributed by atoms with van der Waals surface area (Å²) in [5, 5.41) is 10.0. The Labute approximate surface area is 143 Å². The van der Waals surface area contributed by atoms with E-state index in [0.29, 0.717) is 12.5 Å². The molecule has 2 rings (SSSR count). The Morgan fingerprint density at radius 2 is 1.96 bits per heavy atom. The summed E-state index contributed by atoms with van der Waals surface area (Å²) in [7, 11) is 1.66. The van der Waals surface area contributed by atoms with Gasteiger partial charge >= 0.3 is 6.03 Å². The maximum atomic E-state index is 12.1. The standard InChI is InChI=1S/C18H26N4O2/c1-13(2)9-10-22-14(3)17(11-19-22)21-18(23)20-16-7-5-15(6-8-16)12-24-4/h5-8,11,13H,9-10,12H2,1-4H3,(H2,20,21,23). The number of hydrogen-bond acceptors (Lipinski definition) is 3. The fourth-order valence-corrected chi connectivity index (χ4v) is 2.31. The van der Waals surface area contributed by atoms with Crippen molar-refractivity contribution in [1.82, 2.24) is 9.78 Å². The van der Waals surface area contributed by atoms with E-state index < -0.39 is 0 Å². The van der Waals surface area contributed by atoms with Gasteiger partial charge in [-0.15, -0.1) is 0 Å². The molecule has 0 aliphatic heterocycles. The van der Waals surface area contributed by atoms with Gasteiger partial charge in [0, 0.05) is 19.3 Å². The Hall–Kier alpha value is -2.34. The van der Waals surface area contributed by atoms with Crippen molar-refractivity contribution in [2.75, 3.05) is 17.7 Å². The fourth-order valence-electron chi connectivity index (χ4n) is 2.31. The lowest BCUT2D eigenvalue weighted by Gasteiger charge is -2.09. The molecule has 2 N–H and O–H groups in total. The Morgan fingerprint density at radius 1 is 1.25 bits per heavy atom. The van der Waals surface area contributed by atoms with E-state index in [1.54, 1.807) is 13.3 Å². The minimum absolute atomic E-state index is 0.277. The number of rotatable bonds is 7. The van der Waals surface area contributed by atoms with E-state index in [9.17, 15) is 4.79 Å². The number of amides is 2. The molecule has 0 spiro atoms. The van der Waals surface area contributed by atoms with Crippen LogP contribution in [0.25, 0.3) is 0 Å². The molecule has 0 unspecified atom stereocenters. The minimum atomic E-state index is -0.277. The summed E-state index contributed by atoms with van der Waals surface area (Å²) in [4.78, 5) is 12.1. The van der Waals surface area contributed by atoms with E-state index in [1.807, 2.05) is 35.9 Å². The van der Waals surface area contributed by atoms with Gasteiger partial charge in [0.15, 0.2) is 0 Å². The Balaban J connectivity index is 1.92. The summed E-state index contributed by atoms with van der Waals surface area (Å²) < 4.78 is 6.99. The number of nitrogens with zero attached hydrogens (tertiary/aromatic N) is 2. The quantitative estimate of drug-likeness (QED) is 0.805. The molecule has 6 heteroatoms. The molecule has 0 aliphatic rings. The zero-order chi connectivity index (χ0) is 17.5. The van der Waals surface area contributed by atoms with Crippen LogP contribution in [0, 0.1) is 12.8 Å². The van der Waals surface area contributed by atoms with Crippen LogP contribution in [-0.4, -0.2) is 22.9 Å². The van der Waals surface area contributed by atoms with E-state index in [0.717, 1.165) is 35.6 Å². The minimum Gasteiger partial charge on any atom is -0.380 e. The molecule has 0 saturated carbocycles. The molecular weight excluding hydrogens is 304 g/mol. The van der Waals surface area contributed by atoms with Crippen LogP contribution < -0.4 is 10.6 Å². The van der Waals surface area contributed by atoms with Gasteiger partial charge in [-0.1, -0.05) is 26.0 Å². The van der Waals surface area contributed by atoms with Crippen molar-refractivity contribution in [3.05, 3.63) is 41.7 Å². The number of methoxy groups -OCH3 is 1. The van der Waals surface area contributed by atoms with Crippen molar-refractivity contribution in [3.63, 3.8) is 0 Å². The van der Waals surface area contributed by atoms with Crippen molar-refractivity contribution in [1.29, 1.82) is 0 Å². The van der Waals surface area contributed by atoms with Crippen molar-refractivity contribution in [2.45, 2.75) is 40.3 Å². The number of urea groups is 1. The lowest BCUT2D eigenvalue weighted by molar-refractivity contribution is 0.185. The summed E-state index contributed by atoms with van der Waals surface area (Å²) in [5.41, 5.74) is 3.48. The second-order valence-corrected chi connectivity index (χ2v) is 6.26. The van der Waals surface area contributed by atoms with Crippen LogP contribution in [-0.2, 0) is 17.9 Å². The van der Waals surface area contributed by atoms with E-state index in [4.69, 9.17) is 4.74 Å². The molecule has 0 atom stereocenters. The molecule has 0 fully saturated rings. The molecule has 2 aromatic rings. The number of anilines is 2. The van der Waals surface area contributed by atoms with E-state index in [2.05, 4.69) is 29.6 Å². The number of carbonyl (C=O) groups is 1. The molecule has 0 radical (unpaired) electrons. The van der Waals surface area contributed by atoms with Gasteiger partial charge in [0.2, 0.25) is 0 Å². The third kappa shape index (κ3) is 5.09. The summed E-state index contributed by atoms with van der Waals surface area (Å²) >= 11 is 0. The largest absolute Gasteiger partial charge is 0.380 e. The lowest BCUT2D eigenvalue weighted by Crippen LogP contribution is -2.19. The number of benzene rings is 1. The highest BCUT2D eigenvalue weighted by molar-refractivity contribution is 5.99.